The van der Waals surface area contributed by atoms with Crippen molar-refractivity contribution >= 4 is 28.8 Å². The Morgan fingerprint density at radius 1 is 1.29 bits per heavy atom. The van der Waals surface area contributed by atoms with E-state index in [9.17, 15) is 0 Å². The number of nitrogens with zero attached hydrogens (tertiary/aromatic N) is 3. The largest absolute Gasteiger partial charge is 0.383 e. The maximum absolute atomic E-state index is 6.22. The summed E-state index contributed by atoms with van der Waals surface area (Å²) in [5, 5.41) is 6.28. The molecule has 108 valence electrons. The van der Waals surface area contributed by atoms with Gasteiger partial charge in [-0.1, -0.05) is 23.7 Å². The zero-order valence-corrected chi connectivity index (χ0v) is 13.6. The number of hydrogen-bond donors (Lipinski definition) is 1. The molecule has 0 amide bonds. The van der Waals surface area contributed by atoms with Crippen molar-refractivity contribution in [3.63, 3.8) is 0 Å². The van der Waals surface area contributed by atoms with Crippen LogP contribution in [0.15, 0.2) is 24.3 Å². The van der Waals surface area contributed by atoms with Crippen LogP contribution in [0.25, 0.3) is 21.7 Å². The molecule has 0 unspecified atom stereocenters. The molecule has 0 bridgehead atoms. The van der Waals surface area contributed by atoms with E-state index in [0.717, 1.165) is 32.4 Å². The number of halogens is 1. The number of nitrogen functional groups attached to an aromatic ring is 1. The fraction of sp³-hybridized carbons (Fsp3) is 0.200. The van der Waals surface area contributed by atoms with Gasteiger partial charge in [0.05, 0.1) is 21.1 Å². The van der Waals surface area contributed by atoms with E-state index in [-0.39, 0.29) is 0 Å². The zero-order valence-electron chi connectivity index (χ0n) is 12.0. The maximum Gasteiger partial charge on any atom is 0.129 e. The molecule has 0 saturated carbocycles. The summed E-state index contributed by atoms with van der Waals surface area (Å²) in [6.45, 7) is 3.98. The van der Waals surface area contributed by atoms with Gasteiger partial charge in [0.15, 0.2) is 0 Å². The van der Waals surface area contributed by atoms with E-state index in [4.69, 9.17) is 17.3 Å². The van der Waals surface area contributed by atoms with Gasteiger partial charge < -0.3 is 5.73 Å². The number of nitrogens with two attached hydrogens (primary N) is 1. The van der Waals surface area contributed by atoms with Crippen LogP contribution in [0.1, 0.15) is 10.7 Å². The van der Waals surface area contributed by atoms with Gasteiger partial charge in [-0.25, -0.2) is 4.98 Å². The van der Waals surface area contributed by atoms with Crippen LogP contribution in [0.5, 0.6) is 0 Å². The maximum atomic E-state index is 6.22. The average Bonchev–Trinajstić information content (AvgIpc) is 2.90. The Bertz CT molecular complexity index is 819. The second kappa shape index (κ2) is 5.16. The van der Waals surface area contributed by atoms with E-state index in [1.54, 1.807) is 16.0 Å². The van der Waals surface area contributed by atoms with Crippen LogP contribution in [-0.4, -0.2) is 14.8 Å². The van der Waals surface area contributed by atoms with Gasteiger partial charge in [-0.15, -0.1) is 11.3 Å². The summed E-state index contributed by atoms with van der Waals surface area (Å²) in [5.41, 5.74) is 9.93. The van der Waals surface area contributed by atoms with E-state index < -0.39 is 0 Å². The first kappa shape index (κ1) is 14.1. The molecule has 3 rings (SSSR count). The quantitative estimate of drug-likeness (QED) is 0.775. The molecule has 6 heteroatoms. The van der Waals surface area contributed by atoms with Crippen molar-refractivity contribution in [3.8, 4) is 21.7 Å². The third-order valence-corrected chi connectivity index (χ3v) is 4.64. The summed E-state index contributed by atoms with van der Waals surface area (Å²) in [4.78, 5) is 5.53. The molecule has 2 heterocycles. The predicted molar refractivity (Wildman–Crippen MR) is 88.6 cm³/mol. The molecular weight excluding hydrogens is 304 g/mol. The van der Waals surface area contributed by atoms with Crippen molar-refractivity contribution in [2.24, 2.45) is 7.05 Å². The van der Waals surface area contributed by atoms with Gasteiger partial charge in [-0.2, -0.15) is 5.10 Å². The number of aromatic nitrogens is 3. The third-order valence-electron chi connectivity index (χ3n) is 3.32. The van der Waals surface area contributed by atoms with Crippen LogP contribution < -0.4 is 5.73 Å². The van der Waals surface area contributed by atoms with Gasteiger partial charge >= 0.3 is 0 Å². The van der Waals surface area contributed by atoms with Gasteiger partial charge in [0.2, 0.25) is 0 Å². The standard InChI is InChI=1S/C15H15ClN4S/c1-8-14(21-9(2)18-8)13-12(15(17)20(3)19-13)10-5-4-6-11(16)7-10/h4-7H,17H2,1-3H3. The monoisotopic (exact) mass is 318 g/mol. The van der Waals surface area contributed by atoms with Crippen LogP contribution in [0.2, 0.25) is 5.02 Å². The molecule has 0 aliphatic rings. The Morgan fingerprint density at radius 2 is 2.05 bits per heavy atom. The Labute approximate surface area is 132 Å². The minimum atomic E-state index is 0.623. The lowest BCUT2D eigenvalue weighted by atomic mass is 10.0. The highest BCUT2D eigenvalue weighted by Crippen LogP contribution is 2.40. The molecule has 3 aromatic rings. The van der Waals surface area contributed by atoms with Crippen molar-refractivity contribution in [3.05, 3.63) is 40.0 Å². The van der Waals surface area contributed by atoms with Gasteiger partial charge in [-0.05, 0) is 31.5 Å². The molecule has 0 aliphatic carbocycles. The van der Waals surface area contributed by atoms with Crippen LogP contribution in [0.3, 0.4) is 0 Å². The van der Waals surface area contributed by atoms with E-state index in [1.807, 2.05) is 45.2 Å². The first-order valence-electron chi connectivity index (χ1n) is 6.50. The molecule has 2 N–H and O–H groups in total. The van der Waals surface area contributed by atoms with Crippen molar-refractivity contribution in [2.75, 3.05) is 5.73 Å². The average molecular weight is 319 g/mol. The van der Waals surface area contributed by atoms with E-state index in [1.165, 1.54) is 0 Å². The summed E-state index contributed by atoms with van der Waals surface area (Å²) >= 11 is 7.74. The number of rotatable bonds is 2. The molecular formula is C15H15ClN4S. The Hall–Kier alpha value is -1.85. The number of hydrogen-bond acceptors (Lipinski definition) is 4. The van der Waals surface area contributed by atoms with E-state index in [0.29, 0.717) is 10.8 Å². The lowest BCUT2D eigenvalue weighted by molar-refractivity contribution is 0.782. The number of anilines is 1. The fourth-order valence-corrected chi connectivity index (χ4v) is 3.48. The van der Waals surface area contributed by atoms with Gasteiger partial charge in [-0.3, -0.25) is 4.68 Å². The minimum absolute atomic E-state index is 0.623. The Kier molecular flexibility index (Phi) is 3.47. The molecule has 1 aromatic carbocycles. The van der Waals surface area contributed by atoms with Crippen molar-refractivity contribution in [1.82, 2.24) is 14.8 Å². The second-order valence-corrected chi connectivity index (χ2v) is 6.53. The number of thiazole rings is 1. The highest BCUT2D eigenvalue weighted by atomic mass is 35.5. The molecule has 0 fully saturated rings. The number of aryl methyl sites for hydroxylation is 3. The van der Waals surface area contributed by atoms with E-state index >= 15 is 0 Å². The van der Waals surface area contributed by atoms with Crippen LogP contribution in [0, 0.1) is 13.8 Å². The van der Waals surface area contributed by atoms with Crippen LogP contribution >= 0.6 is 22.9 Å². The first-order chi connectivity index (χ1) is 9.97. The predicted octanol–water partition coefficient (Wildman–Crippen LogP) is 4.06. The van der Waals surface area contributed by atoms with Crippen LogP contribution in [-0.2, 0) is 7.05 Å². The molecule has 0 aliphatic heterocycles. The Morgan fingerprint density at radius 3 is 2.67 bits per heavy atom. The summed E-state index contributed by atoms with van der Waals surface area (Å²) in [7, 11) is 1.84. The van der Waals surface area contributed by atoms with Crippen LogP contribution in [0.4, 0.5) is 5.82 Å². The molecule has 0 atom stereocenters. The molecule has 0 radical (unpaired) electrons. The Balaban J connectivity index is 2.28. The first-order valence-corrected chi connectivity index (χ1v) is 7.69. The van der Waals surface area contributed by atoms with E-state index in [2.05, 4.69) is 10.1 Å². The smallest absolute Gasteiger partial charge is 0.129 e. The molecule has 4 nitrogen and oxygen atoms in total. The lowest BCUT2D eigenvalue weighted by Gasteiger charge is -2.04. The van der Waals surface area contributed by atoms with Gasteiger partial charge in [0, 0.05) is 12.1 Å². The highest BCUT2D eigenvalue weighted by molar-refractivity contribution is 7.15. The summed E-state index contributed by atoms with van der Waals surface area (Å²) < 4.78 is 1.69. The van der Waals surface area contributed by atoms with Crippen molar-refractivity contribution in [2.45, 2.75) is 13.8 Å². The SMILES string of the molecule is Cc1nc(C)c(-c2nn(C)c(N)c2-c2cccc(Cl)c2)s1. The van der Waals surface area contributed by atoms with Gasteiger partial charge in [0.25, 0.3) is 0 Å². The molecule has 21 heavy (non-hydrogen) atoms. The summed E-state index contributed by atoms with van der Waals surface area (Å²) in [5.74, 6) is 0.623. The second-order valence-electron chi connectivity index (χ2n) is 4.89. The molecule has 0 spiro atoms. The van der Waals surface area contributed by atoms with Crippen molar-refractivity contribution < 1.29 is 0 Å². The summed E-state index contributed by atoms with van der Waals surface area (Å²) in [6, 6.07) is 7.66. The molecule has 2 aromatic heterocycles. The topological polar surface area (TPSA) is 56.7 Å². The normalized spacial score (nSPS) is 11.0. The minimum Gasteiger partial charge on any atom is -0.383 e. The molecule has 0 saturated heterocycles. The lowest BCUT2D eigenvalue weighted by Crippen LogP contribution is -1.97. The third kappa shape index (κ3) is 2.43. The van der Waals surface area contributed by atoms with Gasteiger partial charge in [0.1, 0.15) is 11.5 Å². The summed E-state index contributed by atoms with van der Waals surface area (Å²) in [6.07, 6.45) is 0. The zero-order chi connectivity index (χ0) is 15.1. The highest BCUT2D eigenvalue weighted by Gasteiger charge is 2.21. The van der Waals surface area contributed by atoms with Crippen molar-refractivity contribution in [1.29, 1.82) is 0 Å². The number of benzene rings is 1. The fourth-order valence-electron chi connectivity index (χ4n) is 2.38.